The fourth-order valence-electron chi connectivity index (χ4n) is 3.17. The third-order valence-corrected chi connectivity index (χ3v) is 4.55. The summed E-state index contributed by atoms with van der Waals surface area (Å²) in [7, 11) is 0. The van der Waals surface area contributed by atoms with Gasteiger partial charge in [-0.25, -0.2) is 9.69 Å². The zero-order valence-corrected chi connectivity index (χ0v) is 14.9. The standard InChI is InChI=1S/C19H19N5O2/c1-12-6-8-15(9-7-12)23-13(2)19(20-22-23)16-11-17(18-5-4-10-26-18)24(21-16)14(3)25/h4-10,17H,11H2,1-3H3/t17-/m0/s1. The Balaban J connectivity index is 1.69. The molecule has 2 aromatic heterocycles. The van der Waals surface area contributed by atoms with E-state index >= 15 is 0 Å². The van der Waals surface area contributed by atoms with Gasteiger partial charge in [-0.1, -0.05) is 22.9 Å². The summed E-state index contributed by atoms with van der Waals surface area (Å²) in [6.45, 7) is 5.50. The van der Waals surface area contributed by atoms with Gasteiger partial charge in [-0.2, -0.15) is 5.10 Å². The maximum absolute atomic E-state index is 12.0. The van der Waals surface area contributed by atoms with Crippen LogP contribution in [0.5, 0.6) is 0 Å². The highest BCUT2D eigenvalue weighted by molar-refractivity contribution is 6.02. The third-order valence-electron chi connectivity index (χ3n) is 4.55. The van der Waals surface area contributed by atoms with Crippen LogP contribution in [0.2, 0.25) is 0 Å². The SMILES string of the molecule is CC(=O)N1N=C(c2nnn(-c3ccc(C)cc3)c2C)C[C@H]1c1ccco1. The monoisotopic (exact) mass is 349 g/mol. The number of hydrazone groups is 1. The van der Waals surface area contributed by atoms with E-state index in [-0.39, 0.29) is 11.9 Å². The van der Waals surface area contributed by atoms with Crippen LogP contribution in [-0.4, -0.2) is 31.6 Å². The minimum Gasteiger partial charge on any atom is -0.467 e. The van der Waals surface area contributed by atoms with E-state index in [2.05, 4.69) is 15.4 Å². The lowest BCUT2D eigenvalue weighted by Gasteiger charge is -2.17. The van der Waals surface area contributed by atoms with Crippen LogP contribution in [0.1, 0.15) is 42.1 Å². The molecule has 0 saturated heterocycles. The topological polar surface area (TPSA) is 76.5 Å². The molecule has 3 aromatic rings. The van der Waals surface area contributed by atoms with Crippen molar-refractivity contribution in [2.45, 2.75) is 33.2 Å². The Bertz CT molecular complexity index is 970. The summed E-state index contributed by atoms with van der Waals surface area (Å²) in [5.41, 5.74) is 4.45. The molecule has 1 amide bonds. The fourth-order valence-corrected chi connectivity index (χ4v) is 3.17. The number of aryl methyl sites for hydroxylation is 1. The van der Waals surface area contributed by atoms with E-state index in [0.717, 1.165) is 17.1 Å². The molecule has 0 N–H and O–H groups in total. The summed E-state index contributed by atoms with van der Waals surface area (Å²) in [5, 5.41) is 14.6. The summed E-state index contributed by atoms with van der Waals surface area (Å²) in [6, 6.07) is 11.5. The molecule has 1 aromatic carbocycles. The van der Waals surface area contributed by atoms with Gasteiger partial charge in [0.05, 0.1) is 23.4 Å². The van der Waals surface area contributed by atoms with Crippen LogP contribution >= 0.6 is 0 Å². The van der Waals surface area contributed by atoms with Gasteiger partial charge in [0.25, 0.3) is 0 Å². The van der Waals surface area contributed by atoms with Crippen LogP contribution in [-0.2, 0) is 4.79 Å². The first-order chi connectivity index (χ1) is 12.5. The van der Waals surface area contributed by atoms with Crippen molar-refractivity contribution in [3.63, 3.8) is 0 Å². The molecule has 0 aliphatic carbocycles. The second kappa shape index (κ2) is 6.25. The van der Waals surface area contributed by atoms with Gasteiger partial charge in [0.1, 0.15) is 17.5 Å². The van der Waals surface area contributed by atoms with Crippen molar-refractivity contribution in [1.29, 1.82) is 0 Å². The van der Waals surface area contributed by atoms with Gasteiger partial charge in [0.2, 0.25) is 5.91 Å². The molecule has 0 spiro atoms. The molecule has 1 aliphatic rings. The molecular weight excluding hydrogens is 330 g/mol. The lowest BCUT2D eigenvalue weighted by molar-refractivity contribution is -0.130. The summed E-state index contributed by atoms with van der Waals surface area (Å²) < 4.78 is 7.28. The first-order valence-corrected chi connectivity index (χ1v) is 8.45. The summed E-state index contributed by atoms with van der Waals surface area (Å²) in [5.74, 6) is 0.576. The van der Waals surface area contributed by atoms with Gasteiger partial charge in [-0.15, -0.1) is 5.10 Å². The van der Waals surface area contributed by atoms with E-state index in [1.165, 1.54) is 17.5 Å². The lowest BCUT2D eigenvalue weighted by Crippen LogP contribution is -2.23. The molecule has 1 aliphatic heterocycles. The van der Waals surface area contributed by atoms with Crippen molar-refractivity contribution in [2.75, 3.05) is 0 Å². The van der Waals surface area contributed by atoms with E-state index in [0.29, 0.717) is 17.9 Å². The van der Waals surface area contributed by atoms with Crippen LogP contribution in [0.15, 0.2) is 52.2 Å². The lowest BCUT2D eigenvalue weighted by atomic mass is 10.1. The van der Waals surface area contributed by atoms with E-state index in [1.54, 1.807) is 10.9 Å². The predicted octanol–water partition coefficient (Wildman–Crippen LogP) is 3.17. The van der Waals surface area contributed by atoms with Crippen molar-refractivity contribution >= 4 is 11.6 Å². The molecule has 0 radical (unpaired) electrons. The highest BCUT2D eigenvalue weighted by atomic mass is 16.3. The molecule has 132 valence electrons. The van der Waals surface area contributed by atoms with Gasteiger partial charge >= 0.3 is 0 Å². The van der Waals surface area contributed by atoms with Gasteiger partial charge in [0, 0.05) is 13.3 Å². The number of rotatable bonds is 3. The Hall–Kier alpha value is -3.22. The van der Waals surface area contributed by atoms with Crippen LogP contribution in [0.4, 0.5) is 0 Å². The van der Waals surface area contributed by atoms with Crippen molar-refractivity contribution in [3.8, 4) is 5.69 Å². The predicted molar refractivity (Wildman–Crippen MR) is 96.0 cm³/mol. The number of carbonyl (C=O) groups excluding carboxylic acids is 1. The molecule has 7 heteroatoms. The van der Waals surface area contributed by atoms with E-state index in [1.807, 2.05) is 50.2 Å². The van der Waals surface area contributed by atoms with E-state index in [9.17, 15) is 4.79 Å². The second-order valence-electron chi connectivity index (χ2n) is 6.42. The zero-order chi connectivity index (χ0) is 18.3. The maximum atomic E-state index is 12.0. The fraction of sp³-hybridized carbons (Fsp3) is 0.263. The largest absolute Gasteiger partial charge is 0.467 e. The smallest absolute Gasteiger partial charge is 0.240 e. The van der Waals surface area contributed by atoms with E-state index < -0.39 is 0 Å². The minimum absolute atomic E-state index is 0.134. The quantitative estimate of drug-likeness (QED) is 0.728. The molecular formula is C19H19N5O2. The second-order valence-corrected chi connectivity index (χ2v) is 6.42. The van der Waals surface area contributed by atoms with Crippen molar-refractivity contribution in [2.24, 2.45) is 5.10 Å². The molecule has 4 rings (SSSR count). The van der Waals surface area contributed by atoms with Gasteiger partial charge in [-0.05, 0) is 38.1 Å². The number of carbonyl (C=O) groups is 1. The highest BCUT2D eigenvalue weighted by Gasteiger charge is 2.35. The first-order valence-electron chi connectivity index (χ1n) is 8.45. The number of benzene rings is 1. The number of hydrogen-bond acceptors (Lipinski definition) is 5. The molecule has 0 unspecified atom stereocenters. The average molecular weight is 349 g/mol. The number of hydrogen-bond donors (Lipinski definition) is 0. The Morgan fingerprint density at radius 2 is 1.96 bits per heavy atom. The van der Waals surface area contributed by atoms with Gasteiger partial charge in [0.15, 0.2) is 0 Å². The number of nitrogens with zero attached hydrogens (tertiary/aromatic N) is 5. The Morgan fingerprint density at radius 3 is 2.62 bits per heavy atom. The third kappa shape index (κ3) is 2.71. The maximum Gasteiger partial charge on any atom is 0.240 e. The molecule has 1 atom stereocenters. The van der Waals surface area contributed by atoms with Crippen LogP contribution in [0.25, 0.3) is 5.69 Å². The summed E-state index contributed by atoms with van der Waals surface area (Å²) >= 11 is 0. The summed E-state index contributed by atoms with van der Waals surface area (Å²) in [4.78, 5) is 12.0. The average Bonchev–Trinajstić information content (AvgIpc) is 3.34. The molecule has 26 heavy (non-hydrogen) atoms. The first kappa shape index (κ1) is 16.3. The Morgan fingerprint density at radius 1 is 1.19 bits per heavy atom. The van der Waals surface area contributed by atoms with Gasteiger partial charge < -0.3 is 4.42 Å². The van der Waals surface area contributed by atoms with Crippen molar-refractivity contribution in [3.05, 3.63) is 65.4 Å². The molecule has 0 bridgehead atoms. The molecule has 7 nitrogen and oxygen atoms in total. The van der Waals surface area contributed by atoms with E-state index in [4.69, 9.17) is 4.42 Å². The van der Waals surface area contributed by atoms with Crippen molar-refractivity contribution < 1.29 is 9.21 Å². The number of furan rings is 1. The van der Waals surface area contributed by atoms with Crippen molar-refractivity contribution in [1.82, 2.24) is 20.0 Å². The highest BCUT2D eigenvalue weighted by Crippen LogP contribution is 2.33. The molecule has 0 fully saturated rings. The Labute approximate surface area is 150 Å². The zero-order valence-electron chi connectivity index (χ0n) is 14.9. The summed E-state index contributed by atoms with van der Waals surface area (Å²) in [6.07, 6.45) is 2.14. The van der Waals surface area contributed by atoms with Crippen LogP contribution < -0.4 is 0 Å². The number of amides is 1. The minimum atomic E-state index is -0.249. The van der Waals surface area contributed by atoms with Crippen LogP contribution in [0.3, 0.4) is 0 Å². The van der Waals surface area contributed by atoms with Gasteiger partial charge in [-0.3, -0.25) is 4.79 Å². The Kier molecular flexibility index (Phi) is 3.91. The normalized spacial score (nSPS) is 16.8. The number of aromatic nitrogens is 3. The molecule has 3 heterocycles. The molecule has 0 saturated carbocycles. The van der Waals surface area contributed by atoms with Crippen LogP contribution in [0, 0.1) is 13.8 Å².